The summed E-state index contributed by atoms with van der Waals surface area (Å²) in [6, 6.07) is 0. The standard InChI is InChI=1S/C19H32O4/c1-2-3-4-5-8-12-17(20)13-9-6-7-10-14-18(21)15-11-16-19(22)23/h6-7,9-10,13-14,17-18,20-21H,2-5,8,11-12,15-16H2,1H3,(H,22,23)/b7-6?,13-9+,14-10?. The number of rotatable bonds is 14. The lowest BCUT2D eigenvalue weighted by atomic mass is 10.1. The molecule has 0 spiro atoms. The molecule has 0 aromatic heterocycles. The summed E-state index contributed by atoms with van der Waals surface area (Å²) < 4.78 is 0. The number of carboxylic acid groups (broad SMARTS) is 1. The number of hydrogen-bond acceptors (Lipinski definition) is 3. The average Bonchev–Trinajstić information content (AvgIpc) is 2.50. The smallest absolute Gasteiger partial charge is 0.303 e. The van der Waals surface area contributed by atoms with Gasteiger partial charge in [-0.05, 0) is 19.3 Å². The first kappa shape index (κ1) is 21.6. The molecule has 4 heteroatoms. The zero-order valence-corrected chi connectivity index (χ0v) is 14.2. The number of hydrogen-bond donors (Lipinski definition) is 3. The fraction of sp³-hybridized carbons (Fsp3) is 0.632. The molecule has 0 aliphatic heterocycles. The summed E-state index contributed by atoms with van der Waals surface area (Å²) in [5, 5.41) is 27.9. The van der Waals surface area contributed by atoms with Crippen LogP contribution < -0.4 is 0 Å². The molecule has 0 fully saturated rings. The average molecular weight is 324 g/mol. The second-order valence-corrected chi connectivity index (χ2v) is 5.78. The van der Waals surface area contributed by atoms with E-state index in [0.29, 0.717) is 12.8 Å². The predicted molar refractivity (Wildman–Crippen MR) is 94.3 cm³/mol. The summed E-state index contributed by atoms with van der Waals surface area (Å²) >= 11 is 0. The maximum Gasteiger partial charge on any atom is 0.303 e. The van der Waals surface area contributed by atoms with Crippen LogP contribution in [0.25, 0.3) is 0 Å². The topological polar surface area (TPSA) is 77.8 Å². The minimum Gasteiger partial charge on any atom is -0.481 e. The maximum atomic E-state index is 10.3. The van der Waals surface area contributed by atoms with Crippen LogP contribution >= 0.6 is 0 Å². The molecule has 0 aromatic rings. The highest BCUT2D eigenvalue weighted by molar-refractivity contribution is 5.66. The third kappa shape index (κ3) is 16.8. The highest BCUT2D eigenvalue weighted by Crippen LogP contribution is 2.08. The van der Waals surface area contributed by atoms with Gasteiger partial charge in [-0.3, -0.25) is 4.79 Å². The van der Waals surface area contributed by atoms with Crippen molar-refractivity contribution >= 4 is 5.97 Å². The third-order valence-electron chi connectivity index (χ3n) is 3.49. The lowest BCUT2D eigenvalue weighted by Gasteiger charge is -2.04. The molecule has 2 atom stereocenters. The number of aliphatic hydroxyl groups excluding tert-OH is 2. The molecule has 0 bridgehead atoms. The van der Waals surface area contributed by atoms with Gasteiger partial charge in [-0.1, -0.05) is 75.5 Å². The largest absolute Gasteiger partial charge is 0.481 e. The monoisotopic (exact) mass is 324 g/mol. The minimum atomic E-state index is -0.838. The van der Waals surface area contributed by atoms with Crippen molar-refractivity contribution < 1.29 is 20.1 Å². The highest BCUT2D eigenvalue weighted by Gasteiger charge is 2.01. The third-order valence-corrected chi connectivity index (χ3v) is 3.49. The Balaban J connectivity index is 3.73. The number of allylic oxidation sites excluding steroid dienone is 4. The van der Waals surface area contributed by atoms with Crippen LogP contribution in [0.2, 0.25) is 0 Å². The van der Waals surface area contributed by atoms with Gasteiger partial charge in [0.1, 0.15) is 0 Å². The van der Waals surface area contributed by atoms with Crippen LogP contribution in [0, 0.1) is 0 Å². The molecule has 0 aromatic carbocycles. The first-order chi connectivity index (χ1) is 11.1. The quantitative estimate of drug-likeness (QED) is 0.333. The van der Waals surface area contributed by atoms with E-state index < -0.39 is 18.2 Å². The van der Waals surface area contributed by atoms with Crippen molar-refractivity contribution in [3.05, 3.63) is 36.5 Å². The molecule has 0 aliphatic carbocycles. The Kier molecular flexibility index (Phi) is 14.6. The van der Waals surface area contributed by atoms with Crippen LogP contribution in [0.3, 0.4) is 0 Å². The van der Waals surface area contributed by atoms with Crippen LogP contribution in [0.5, 0.6) is 0 Å². The lowest BCUT2D eigenvalue weighted by molar-refractivity contribution is -0.137. The van der Waals surface area contributed by atoms with Gasteiger partial charge in [-0.25, -0.2) is 0 Å². The Morgan fingerprint density at radius 2 is 1.35 bits per heavy atom. The molecule has 0 rings (SSSR count). The predicted octanol–water partition coefficient (Wildman–Crippen LogP) is 3.99. The molecule has 2 unspecified atom stereocenters. The first-order valence-corrected chi connectivity index (χ1v) is 8.65. The van der Waals surface area contributed by atoms with Gasteiger partial charge in [0, 0.05) is 6.42 Å². The van der Waals surface area contributed by atoms with Crippen molar-refractivity contribution in [2.45, 2.75) is 76.9 Å². The van der Waals surface area contributed by atoms with Gasteiger partial charge in [0.25, 0.3) is 0 Å². The van der Waals surface area contributed by atoms with Gasteiger partial charge in [0.2, 0.25) is 0 Å². The highest BCUT2D eigenvalue weighted by atomic mass is 16.4. The zero-order valence-electron chi connectivity index (χ0n) is 14.2. The van der Waals surface area contributed by atoms with E-state index in [1.165, 1.54) is 25.7 Å². The van der Waals surface area contributed by atoms with Gasteiger partial charge in [0.15, 0.2) is 0 Å². The number of unbranched alkanes of at least 4 members (excludes halogenated alkanes) is 4. The van der Waals surface area contributed by atoms with E-state index in [-0.39, 0.29) is 6.42 Å². The van der Waals surface area contributed by atoms with Crippen molar-refractivity contribution in [1.29, 1.82) is 0 Å². The number of carboxylic acids is 1. The molecule has 0 saturated carbocycles. The van der Waals surface area contributed by atoms with Crippen LogP contribution in [-0.2, 0) is 4.79 Å². The van der Waals surface area contributed by atoms with E-state index in [4.69, 9.17) is 5.11 Å². The summed E-state index contributed by atoms with van der Waals surface area (Å²) in [6.07, 6.45) is 17.3. The van der Waals surface area contributed by atoms with Crippen molar-refractivity contribution in [1.82, 2.24) is 0 Å². The van der Waals surface area contributed by atoms with Crippen LogP contribution in [0.15, 0.2) is 36.5 Å². The zero-order chi connectivity index (χ0) is 17.3. The second-order valence-electron chi connectivity index (χ2n) is 5.78. The molecule has 0 radical (unpaired) electrons. The summed E-state index contributed by atoms with van der Waals surface area (Å²) in [6.45, 7) is 2.19. The fourth-order valence-electron chi connectivity index (χ4n) is 2.13. The van der Waals surface area contributed by atoms with Gasteiger partial charge < -0.3 is 15.3 Å². The second kappa shape index (κ2) is 15.5. The van der Waals surface area contributed by atoms with Crippen molar-refractivity contribution in [2.75, 3.05) is 0 Å². The van der Waals surface area contributed by atoms with Gasteiger partial charge >= 0.3 is 5.97 Å². The molecular formula is C19H32O4. The lowest BCUT2D eigenvalue weighted by Crippen LogP contribution is -2.03. The Bertz CT molecular complexity index is 372. The van der Waals surface area contributed by atoms with Crippen molar-refractivity contribution in [2.24, 2.45) is 0 Å². The van der Waals surface area contributed by atoms with Crippen molar-refractivity contribution in [3.8, 4) is 0 Å². The maximum absolute atomic E-state index is 10.3. The molecule has 23 heavy (non-hydrogen) atoms. The van der Waals surface area contributed by atoms with Gasteiger partial charge in [0.05, 0.1) is 12.2 Å². The molecule has 0 amide bonds. The molecule has 132 valence electrons. The normalized spacial score (nSPS) is 14.9. The van der Waals surface area contributed by atoms with E-state index in [9.17, 15) is 15.0 Å². The summed E-state index contributed by atoms with van der Waals surface area (Å²) in [7, 11) is 0. The molecule has 3 N–H and O–H groups in total. The Labute approximate surface area is 140 Å². The van der Waals surface area contributed by atoms with E-state index >= 15 is 0 Å². The minimum absolute atomic E-state index is 0.0831. The SMILES string of the molecule is CCCCCCCC(O)/C=C/C=CC=CC(O)CCCC(=O)O. The number of aliphatic hydroxyl groups is 2. The molecule has 4 nitrogen and oxygen atoms in total. The molecule has 0 saturated heterocycles. The fourth-order valence-corrected chi connectivity index (χ4v) is 2.13. The van der Waals surface area contributed by atoms with E-state index in [1.807, 2.05) is 0 Å². The molecular weight excluding hydrogens is 292 g/mol. The van der Waals surface area contributed by atoms with Crippen molar-refractivity contribution in [3.63, 3.8) is 0 Å². The summed E-state index contributed by atoms with van der Waals surface area (Å²) in [5.74, 6) is -0.838. The van der Waals surface area contributed by atoms with E-state index in [2.05, 4.69) is 6.92 Å². The number of carbonyl (C=O) groups is 1. The Morgan fingerprint density at radius 3 is 1.87 bits per heavy atom. The van der Waals surface area contributed by atoms with Gasteiger partial charge in [-0.15, -0.1) is 0 Å². The first-order valence-electron chi connectivity index (χ1n) is 8.65. The van der Waals surface area contributed by atoms with Crippen LogP contribution in [-0.4, -0.2) is 33.5 Å². The summed E-state index contributed by atoms with van der Waals surface area (Å²) in [4.78, 5) is 10.3. The number of aliphatic carboxylic acids is 1. The summed E-state index contributed by atoms with van der Waals surface area (Å²) in [5.41, 5.74) is 0. The van der Waals surface area contributed by atoms with E-state index in [0.717, 1.165) is 12.8 Å². The van der Waals surface area contributed by atoms with Crippen LogP contribution in [0.1, 0.15) is 64.7 Å². The molecule has 0 heterocycles. The Hall–Kier alpha value is -1.39. The van der Waals surface area contributed by atoms with Crippen LogP contribution in [0.4, 0.5) is 0 Å². The molecule has 0 aliphatic rings. The van der Waals surface area contributed by atoms with E-state index in [1.54, 1.807) is 36.5 Å². The Morgan fingerprint density at radius 1 is 0.826 bits per heavy atom. The van der Waals surface area contributed by atoms with Gasteiger partial charge in [-0.2, -0.15) is 0 Å².